The summed E-state index contributed by atoms with van der Waals surface area (Å²) < 4.78 is 27.2. The fourth-order valence-corrected chi connectivity index (χ4v) is 5.07. The molecule has 0 aromatic heterocycles. The van der Waals surface area contributed by atoms with Gasteiger partial charge in [-0.2, -0.15) is 0 Å². The highest BCUT2D eigenvalue weighted by molar-refractivity contribution is 5.84. The molecule has 0 N–H and O–H groups in total. The van der Waals surface area contributed by atoms with Crippen LogP contribution >= 0.6 is 0 Å². The summed E-state index contributed by atoms with van der Waals surface area (Å²) in [6.07, 6.45) is 4.08. The molecule has 0 spiro atoms. The molecule has 4 nitrogen and oxygen atoms in total. The number of amides is 1. The lowest BCUT2D eigenvalue weighted by atomic mass is 9.96. The molecule has 35 heavy (non-hydrogen) atoms. The van der Waals surface area contributed by atoms with Crippen molar-refractivity contribution in [2.75, 3.05) is 32.7 Å². The predicted octanol–water partition coefficient (Wildman–Crippen LogP) is 4.64. The number of benzene rings is 3. The molecule has 1 amide bonds. The van der Waals surface area contributed by atoms with Crippen molar-refractivity contribution in [1.29, 1.82) is 0 Å². The van der Waals surface area contributed by atoms with E-state index in [0.717, 1.165) is 24.2 Å². The van der Waals surface area contributed by atoms with Gasteiger partial charge in [0.2, 0.25) is 5.91 Å². The van der Waals surface area contributed by atoms with Crippen LogP contribution in [0.2, 0.25) is 0 Å². The Morgan fingerprint density at radius 3 is 1.94 bits per heavy atom. The van der Waals surface area contributed by atoms with Gasteiger partial charge in [-0.25, -0.2) is 8.78 Å². The maximum atomic E-state index is 13.6. The number of carbonyl (C=O) groups is 1. The minimum Gasteiger partial charge on any atom is -0.338 e. The van der Waals surface area contributed by atoms with Gasteiger partial charge >= 0.3 is 0 Å². The molecule has 5 rings (SSSR count). The zero-order valence-corrected chi connectivity index (χ0v) is 19.6. The summed E-state index contributed by atoms with van der Waals surface area (Å²) in [5, 5.41) is 0. The van der Waals surface area contributed by atoms with Crippen LogP contribution in [0.3, 0.4) is 0 Å². The summed E-state index contributed by atoms with van der Waals surface area (Å²) in [6, 6.07) is 22.8. The fourth-order valence-electron chi connectivity index (χ4n) is 5.07. The highest BCUT2D eigenvalue weighted by Crippen LogP contribution is 2.30. The summed E-state index contributed by atoms with van der Waals surface area (Å²) in [5.41, 5.74) is 3.09. The van der Waals surface area contributed by atoms with Crippen molar-refractivity contribution >= 4 is 5.91 Å². The molecular formula is C29H29F2N3O. The second-order valence-corrected chi connectivity index (χ2v) is 9.15. The highest BCUT2D eigenvalue weighted by atomic mass is 19.1. The van der Waals surface area contributed by atoms with Crippen LogP contribution in [-0.4, -0.2) is 59.4 Å². The van der Waals surface area contributed by atoms with E-state index in [0.29, 0.717) is 26.2 Å². The molecule has 0 bridgehead atoms. The summed E-state index contributed by atoms with van der Waals surface area (Å²) >= 11 is 0. The lowest BCUT2D eigenvalue weighted by Gasteiger charge is -2.41. The average Bonchev–Trinajstić information content (AvgIpc) is 3.35. The number of halogens is 2. The molecule has 2 aliphatic heterocycles. The quantitative estimate of drug-likeness (QED) is 0.488. The van der Waals surface area contributed by atoms with Gasteiger partial charge < -0.3 is 4.90 Å². The summed E-state index contributed by atoms with van der Waals surface area (Å²) in [6.45, 7) is 4.09. The molecule has 1 saturated heterocycles. The standard InChI is InChI=1S/C29H29F2N3O/c30-25-12-8-23(9-13-25)28(24-10-14-26(31)15-11-24)32-17-19-33(20-18-32)29(35)27-7-4-16-34(27)21-22-5-2-1-3-6-22/h1-15,27-28H,16-21H2/t27-/m0/s1. The van der Waals surface area contributed by atoms with Gasteiger partial charge in [0, 0.05) is 39.3 Å². The third kappa shape index (κ3) is 5.34. The third-order valence-electron chi connectivity index (χ3n) is 6.90. The number of carbonyl (C=O) groups excluding carboxylic acids is 1. The SMILES string of the molecule is O=C([C@@H]1C=CCN1Cc1ccccc1)N1CCN(C(c2ccc(F)cc2)c2ccc(F)cc2)CC1. The minimum absolute atomic E-state index is 0.130. The Morgan fingerprint density at radius 1 is 0.800 bits per heavy atom. The highest BCUT2D eigenvalue weighted by Gasteiger charge is 2.34. The van der Waals surface area contributed by atoms with Gasteiger partial charge in [0.25, 0.3) is 0 Å². The molecule has 0 aliphatic carbocycles. The van der Waals surface area contributed by atoms with Gasteiger partial charge in [0.15, 0.2) is 0 Å². The van der Waals surface area contributed by atoms with Crippen LogP contribution in [0.15, 0.2) is 91.0 Å². The monoisotopic (exact) mass is 473 g/mol. The predicted molar refractivity (Wildman–Crippen MR) is 133 cm³/mol. The van der Waals surface area contributed by atoms with E-state index in [4.69, 9.17) is 0 Å². The zero-order chi connectivity index (χ0) is 24.2. The number of hydrogen-bond donors (Lipinski definition) is 0. The molecule has 6 heteroatoms. The van der Waals surface area contributed by atoms with Crippen molar-refractivity contribution in [2.45, 2.75) is 18.6 Å². The Labute approximate surface area is 205 Å². The van der Waals surface area contributed by atoms with Crippen molar-refractivity contribution in [3.63, 3.8) is 0 Å². The second-order valence-electron chi connectivity index (χ2n) is 9.15. The van der Waals surface area contributed by atoms with E-state index < -0.39 is 0 Å². The molecule has 3 aromatic carbocycles. The summed E-state index contributed by atoms with van der Waals surface area (Å²) in [5.74, 6) is -0.437. The molecular weight excluding hydrogens is 444 g/mol. The first-order valence-corrected chi connectivity index (χ1v) is 12.1. The van der Waals surface area contributed by atoms with Crippen molar-refractivity contribution in [3.8, 4) is 0 Å². The second kappa shape index (κ2) is 10.5. The first kappa shape index (κ1) is 23.4. The summed E-state index contributed by atoms with van der Waals surface area (Å²) in [4.78, 5) is 19.9. The first-order valence-electron chi connectivity index (χ1n) is 12.1. The maximum absolute atomic E-state index is 13.6. The van der Waals surface area contributed by atoms with E-state index in [1.54, 1.807) is 24.3 Å². The fraction of sp³-hybridized carbons (Fsp3) is 0.276. The van der Waals surface area contributed by atoms with Gasteiger partial charge in [0.1, 0.15) is 17.7 Å². The smallest absolute Gasteiger partial charge is 0.244 e. The topological polar surface area (TPSA) is 26.8 Å². The zero-order valence-electron chi connectivity index (χ0n) is 19.6. The molecule has 180 valence electrons. The van der Waals surface area contributed by atoms with Gasteiger partial charge in [-0.15, -0.1) is 0 Å². The minimum atomic E-state index is -0.285. The van der Waals surface area contributed by atoms with Crippen molar-refractivity contribution < 1.29 is 13.6 Å². The molecule has 3 aromatic rings. The van der Waals surface area contributed by atoms with Gasteiger partial charge in [-0.05, 0) is 41.0 Å². The summed E-state index contributed by atoms with van der Waals surface area (Å²) in [7, 11) is 0. The number of nitrogens with zero attached hydrogens (tertiary/aromatic N) is 3. The molecule has 0 saturated carbocycles. The Kier molecular flexibility index (Phi) is 7.02. The molecule has 2 aliphatic rings. The normalized spacial score (nSPS) is 18.9. The van der Waals surface area contributed by atoms with E-state index in [2.05, 4.69) is 28.0 Å². The van der Waals surface area contributed by atoms with E-state index >= 15 is 0 Å². The van der Waals surface area contributed by atoms with E-state index in [-0.39, 0.29) is 29.6 Å². The molecule has 1 fully saturated rings. The van der Waals surface area contributed by atoms with Crippen LogP contribution in [0, 0.1) is 11.6 Å². The number of piperazine rings is 1. The van der Waals surface area contributed by atoms with Crippen LogP contribution < -0.4 is 0 Å². The lowest BCUT2D eigenvalue weighted by Crippen LogP contribution is -2.54. The van der Waals surface area contributed by atoms with Crippen LogP contribution in [0.4, 0.5) is 8.78 Å². The van der Waals surface area contributed by atoms with Gasteiger partial charge in [-0.3, -0.25) is 14.6 Å². The van der Waals surface area contributed by atoms with Crippen molar-refractivity contribution in [1.82, 2.24) is 14.7 Å². The largest absolute Gasteiger partial charge is 0.338 e. The molecule has 1 atom stereocenters. The lowest BCUT2D eigenvalue weighted by molar-refractivity contribution is -0.137. The van der Waals surface area contributed by atoms with Crippen molar-refractivity contribution in [2.24, 2.45) is 0 Å². The van der Waals surface area contributed by atoms with E-state index in [9.17, 15) is 13.6 Å². The van der Waals surface area contributed by atoms with Crippen LogP contribution in [0.5, 0.6) is 0 Å². The van der Waals surface area contributed by atoms with E-state index in [1.165, 1.54) is 29.8 Å². The van der Waals surface area contributed by atoms with Crippen LogP contribution in [-0.2, 0) is 11.3 Å². The molecule has 2 heterocycles. The van der Waals surface area contributed by atoms with Crippen LogP contribution in [0.1, 0.15) is 22.7 Å². The first-order chi connectivity index (χ1) is 17.1. The van der Waals surface area contributed by atoms with E-state index in [1.807, 2.05) is 29.2 Å². The van der Waals surface area contributed by atoms with Gasteiger partial charge in [0.05, 0.1) is 6.04 Å². The Balaban J connectivity index is 1.28. The Bertz CT molecular complexity index is 1110. The average molecular weight is 474 g/mol. The van der Waals surface area contributed by atoms with Crippen LogP contribution in [0.25, 0.3) is 0 Å². The number of hydrogen-bond acceptors (Lipinski definition) is 3. The van der Waals surface area contributed by atoms with Crippen molar-refractivity contribution in [3.05, 3.63) is 119 Å². The molecule has 0 radical (unpaired) electrons. The van der Waals surface area contributed by atoms with Gasteiger partial charge in [-0.1, -0.05) is 66.7 Å². The Morgan fingerprint density at radius 2 is 1.37 bits per heavy atom. The maximum Gasteiger partial charge on any atom is 0.244 e. The molecule has 0 unspecified atom stereocenters. The Hall–Kier alpha value is -3.35. The third-order valence-corrected chi connectivity index (χ3v) is 6.90. The number of rotatable bonds is 6.